The van der Waals surface area contributed by atoms with Crippen LogP contribution in [0.5, 0.6) is 0 Å². The van der Waals surface area contributed by atoms with Gasteiger partial charge in [0.25, 0.3) is 0 Å². The molecule has 130 valence electrons. The minimum absolute atomic E-state index is 0.0117. The average molecular weight is 382 g/mol. The highest BCUT2D eigenvalue weighted by atomic mass is 32.2. The van der Waals surface area contributed by atoms with E-state index in [1.54, 1.807) is 23.1 Å². The molecule has 0 fully saturated rings. The van der Waals surface area contributed by atoms with Gasteiger partial charge in [-0.1, -0.05) is 65.9 Å². The maximum absolute atomic E-state index is 12.4. The number of amides is 1. The topological polar surface area (TPSA) is 54.9 Å². The van der Waals surface area contributed by atoms with Crippen LogP contribution in [-0.2, 0) is 4.79 Å². The quantitative estimate of drug-likeness (QED) is 0.505. The minimum atomic E-state index is -0.216. The summed E-state index contributed by atoms with van der Waals surface area (Å²) in [5.41, 5.74) is 3.13. The molecule has 1 aromatic heterocycles. The first-order valence-corrected chi connectivity index (χ1v) is 10.7. The lowest BCUT2D eigenvalue weighted by Crippen LogP contribution is -2.22. The van der Waals surface area contributed by atoms with Crippen LogP contribution in [0.25, 0.3) is 0 Å². The normalized spacial score (nSPS) is 12.2. The maximum atomic E-state index is 12.4. The lowest BCUT2D eigenvalue weighted by atomic mass is 10.1. The number of hydrogen-bond acceptors (Lipinski definition) is 6. The summed E-state index contributed by atoms with van der Waals surface area (Å²) in [7, 11) is 0. The number of aromatic nitrogens is 2. The second kappa shape index (κ2) is 9.44. The van der Waals surface area contributed by atoms with Crippen molar-refractivity contribution in [3.8, 4) is 0 Å². The summed E-state index contributed by atoms with van der Waals surface area (Å²) in [6, 6.07) is 6.02. The summed E-state index contributed by atoms with van der Waals surface area (Å²) in [6.07, 6.45) is 2.37. The van der Waals surface area contributed by atoms with E-state index in [0.717, 1.165) is 25.7 Å². The van der Waals surface area contributed by atoms with Crippen molar-refractivity contribution in [1.82, 2.24) is 10.2 Å². The monoisotopic (exact) mass is 381 g/mol. The molecule has 1 atom stereocenters. The van der Waals surface area contributed by atoms with Crippen LogP contribution in [0.1, 0.15) is 37.8 Å². The molecule has 4 nitrogen and oxygen atoms in total. The van der Waals surface area contributed by atoms with Gasteiger partial charge < -0.3 is 5.32 Å². The van der Waals surface area contributed by atoms with Crippen LogP contribution >= 0.6 is 34.9 Å². The predicted molar refractivity (Wildman–Crippen MR) is 105 cm³/mol. The Morgan fingerprint density at radius 2 is 2.04 bits per heavy atom. The summed E-state index contributed by atoms with van der Waals surface area (Å²) >= 11 is 4.76. The molecule has 0 saturated heterocycles. The molecule has 1 amide bonds. The molecule has 0 saturated carbocycles. The van der Waals surface area contributed by atoms with Gasteiger partial charge in [-0.3, -0.25) is 4.79 Å². The first-order valence-electron chi connectivity index (χ1n) is 8.00. The highest BCUT2D eigenvalue weighted by molar-refractivity contribution is 8.03. The molecule has 0 radical (unpaired) electrons. The van der Waals surface area contributed by atoms with Crippen molar-refractivity contribution in [2.45, 2.75) is 54.5 Å². The van der Waals surface area contributed by atoms with Gasteiger partial charge in [0, 0.05) is 11.4 Å². The van der Waals surface area contributed by atoms with E-state index in [2.05, 4.69) is 28.5 Å². The van der Waals surface area contributed by atoms with Gasteiger partial charge in [-0.2, -0.15) is 0 Å². The van der Waals surface area contributed by atoms with Gasteiger partial charge in [-0.05, 0) is 38.8 Å². The van der Waals surface area contributed by atoms with E-state index in [0.29, 0.717) is 0 Å². The van der Waals surface area contributed by atoms with Crippen LogP contribution in [0.2, 0.25) is 0 Å². The third kappa shape index (κ3) is 5.79. The average Bonchev–Trinajstić information content (AvgIpc) is 2.97. The molecular formula is C17H23N3OS3. The van der Waals surface area contributed by atoms with Gasteiger partial charge in [0.1, 0.15) is 0 Å². The summed E-state index contributed by atoms with van der Waals surface area (Å²) in [6.45, 7) is 8.13. The fourth-order valence-electron chi connectivity index (χ4n) is 2.00. The van der Waals surface area contributed by atoms with Gasteiger partial charge in [-0.25, -0.2) is 0 Å². The van der Waals surface area contributed by atoms with Crippen molar-refractivity contribution in [1.29, 1.82) is 0 Å². The number of nitrogens with zero attached hydrogens (tertiary/aromatic N) is 2. The Balaban J connectivity index is 1.89. The SMILES string of the molecule is CCCCSc1nnc(S[C@@H](C)C(=O)Nc2ccc(C)cc2C)s1. The predicted octanol–water partition coefficient (Wildman–Crippen LogP) is 5.17. The van der Waals surface area contributed by atoms with Gasteiger partial charge in [-0.15, -0.1) is 10.2 Å². The molecule has 1 N–H and O–H groups in total. The number of carbonyl (C=O) groups excluding carboxylic acids is 1. The van der Waals surface area contributed by atoms with E-state index in [4.69, 9.17) is 0 Å². The van der Waals surface area contributed by atoms with Gasteiger partial charge in [0.05, 0.1) is 5.25 Å². The largest absolute Gasteiger partial charge is 0.325 e. The number of nitrogens with one attached hydrogen (secondary N) is 1. The highest BCUT2D eigenvalue weighted by Gasteiger charge is 2.18. The van der Waals surface area contributed by atoms with Crippen LogP contribution in [0.4, 0.5) is 5.69 Å². The first-order chi connectivity index (χ1) is 11.5. The third-order valence-corrected chi connectivity index (χ3v) is 6.73. The number of benzene rings is 1. The molecule has 2 aromatic rings. The van der Waals surface area contributed by atoms with Crippen molar-refractivity contribution in [2.75, 3.05) is 11.1 Å². The van der Waals surface area contributed by atoms with Crippen molar-refractivity contribution in [2.24, 2.45) is 0 Å². The van der Waals surface area contributed by atoms with Crippen LogP contribution in [0, 0.1) is 13.8 Å². The molecule has 0 aliphatic heterocycles. The van der Waals surface area contributed by atoms with Crippen LogP contribution < -0.4 is 5.32 Å². The molecule has 0 aliphatic carbocycles. The molecule has 7 heteroatoms. The van der Waals surface area contributed by atoms with Crippen molar-refractivity contribution < 1.29 is 4.79 Å². The van der Waals surface area contributed by atoms with E-state index in [1.807, 2.05) is 32.9 Å². The Labute approximate surface area is 156 Å². The van der Waals surface area contributed by atoms with E-state index in [-0.39, 0.29) is 11.2 Å². The fraction of sp³-hybridized carbons (Fsp3) is 0.471. The molecule has 0 aliphatic rings. The minimum Gasteiger partial charge on any atom is -0.325 e. The van der Waals surface area contributed by atoms with Gasteiger partial charge >= 0.3 is 0 Å². The standard InChI is InChI=1S/C17H23N3OS3/c1-5-6-9-22-16-19-20-17(24-16)23-13(4)15(21)18-14-8-7-11(2)10-12(14)3/h7-8,10,13H,5-6,9H2,1-4H3,(H,18,21)/t13-/m0/s1. The lowest BCUT2D eigenvalue weighted by Gasteiger charge is -2.12. The van der Waals surface area contributed by atoms with E-state index >= 15 is 0 Å². The second-order valence-electron chi connectivity index (χ2n) is 5.60. The Morgan fingerprint density at radius 3 is 2.75 bits per heavy atom. The summed E-state index contributed by atoms with van der Waals surface area (Å²) in [5, 5.41) is 11.2. The Bertz CT molecular complexity index is 687. The molecule has 1 heterocycles. The molecule has 0 unspecified atom stereocenters. The number of anilines is 1. The zero-order valence-electron chi connectivity index (χ0n) is 14.5. The molecule has 0 spiro atoms. The number of unbranched alkanes of at least 4 members (excludes halogenated alkanes) is 1. The fourth-order valence-corrected chi connectivity index (χ4v) is 5.32. The number of hydrogen-bond donors (Lipinski definition) is 1. The zero-order valence-corrected chi connectivity index (χ0v) is 16.9. The van der Waals surface area contributed by atoms with Crippen LogP contribution in [0.3, 0.4) is 0 Å². The zero-order chi connectivity index (χ0) is 17.5. The van der Waals surface area contributed by atoms with Gasteiger partial charge in [0.15, 0.2) is 8.68 Å². The van der Waals surface area contributed by atoms with Crippen molar-refractivity contribution in [3.63, 3.8) is 0 Å². The molecule has 24 heavy (non-hydrogen) atoms. The lowest BCUT2D eigenvalue weighted by molar-refractivity contribution is -0.115. The van der Waals surface area contributed by atoms with Crippen molar-refractivity contribution >= 4 is 46.5 Å². The van der Waals surface area contributed by atoms with Crippen molar-refractivity contribution in [3.05, 3.63) is 29.3 Å². The Morgan fingerprint density at radius 1 is 1.29 bits per heavy atom. The molecule has 1 aromatic carbocycles. The Hall–Kier alpha value is -1.05. The third-order valence-electron chi connectivity index (χ3n) is 3.40. The Kier molecular flexibility index (Phi) is 7.58. The van der Waals surface area contributed by atoms with E-state index in [1.165, 1.54) is 30.2 Å². The first kappa shape index (κ1) is 19.3. The van der Waals surface area contributed by atoms with Crippen LogP contribution in [0.15, 0.2) is 26.9 Å². The van der Waals surface area contributed by atoms with Gasteiger partial charge in [0.2, 0.25) is 5.91 Å². The number of rotatable bonds is 8. The number of carbonyl (C=O) groups is 1. The van der Waals surface area contributed by atoms with Crippen LogP contribution in [-0.4, -0.2) is 27.1 Å². The maximum Gasteiger partial charge on any atom is 0.237 e. The summed E-state index contributed by atoms with van der Waals surface area (Å²) in [5.74, 6) is 1.06. The number of thioether (sulfide) groups is 2. The molecule has 0 bridgehead atoms. The summed E-state index contributed by atoms with van der Waals surface area (Å²) < 4.78 is 1.82. The molecular weight excluding hydrogens is 358 g/mol. The second-order valence-corrected chi connectivity index (χ2v) is 9.51. The molecule has 2 rings (SSSR count). The van der Waals surface area contributed by atoms with E-state index < -0.39 is 0 Å². The smallest absolute Gasteiger partial charge is 0.237 e. The summed E-state index contributed by atoms with van der Waals surface area (Å²) in [4.78, 5) is 12.4. The van der Waals surface area contributed by atoms with E-state index in [9.17, 15) is 4.79 Å². The number of aryl methyl sites for hydroxylation is 2. The highest BCUT2D eigenvalue weighted by Crippen LogP contribution is 2.32.